The largest absolute Gasteiger partial charge is 0.326 e. The van der Waals surface area contributed by atoms with Crippen molar-refractivity contribution in [3.05, 3.63) is 100 Å². The summed E-state index contributed by atoms with van der Waals surface area (Å²) in [5.74, 6) is -0.307. The van der Waals surface area contributed by atoms with Gasteiger partial charge >= 0.3 is 0 Å². The fourth-order valence-electron chi connectivity index (χ4n) is 3.12. The first-order chi connectivity index (χ1) is 13.2. The summed E-state index contributed by atoms with van der Waals surface area (Å²) in [5.41, 5.74) is 9.00. The highest BCUT2D eigenvalue weighted by atomic mass is 35.5. The maximum absolute atomic E-state index is 13.2. The molecule has 6 heteroatoms. The van der Waals surface area contributed by atoms with Crippen LogP contribution in [0.5, 0.6) is 0 Å². The standard InChI is InChI=1S/C22H18FN3O.ClH/c23-18-11-7-16(8-12-18)14-26-22(27)20-4-2-1-3-19(20)21(25-26)17-9-5-15(13-24)6-10-17;/h1-12H,13-14,24H2;1H. The van der Waals surface area contributed by atoms with Crippen molar-refractivity contribution in [3.63, 3.8) is 0 Å². The molecule has 1 heterocycles. The Bertz CT molecular complexity index is 1160. The number of nitrogens with zero attached hydrogens (tertiary/aromatic N) is 2. The normalized spacial score (nSPS) is 10.6. The van der Waals surface area contributed by atoms with E-state index >= 15 is 0 Å². The molecule has 0 bridgehead atoms. The van der Waals surface area contributed by atoms with Crippen molar-refractivity contribution in [2.75, 3.05) is 0 Å². The number of hydrogen-bond acceptors (Lipinski definition) is 3. The zero-order valence-electron chi connectivity index (χ0n) is 15.0. The van der Waals surface area contributed by atoms with Crippen LogP contribution in [0.3, 0.4) is 0 Å². The number of benzene rings is 3. The predicted octanol–water partition coefficient (Wildman–Crippen LogP) is 4.13. The van der Waals surface area contributed by atoms with Gasteiger partial charge in [-0.15, -0.1) is 12.4 Å². The van der Waals surface area contributed by atoms with Gasteiger partial charge in [-0.3, -0.25) is 4.79 Å². The van der Waals surface area contributed by atoms with Gasteiger partial charge in [0.25, 0.3) is 5.56 Å². The van der Waals surface area contributed by atoms with Gasteiger partial charge in [0.15, 0.2) is 0 Å². The molecule has 3 aromatic carbocycles. The first-order valence-electron chi connectivity index (χ1n) is 8.69. The molecule has 0 unspecified atom stereocenters. The molecule has 4 nitrogen and oxygen atoms in total. The SMILES string of the molecule is Cl.NCc1ccc(-c2nn(Cc3ccc(F)cc3)c(=O)c3ccccc23)cc1. The van der Waals surface area contributed by atoms with Crippen LogP contribution in [0.15, 0.2) is 77.6 Å². The number of fused-ring (bicyclic) bond motifs is 1. The van der Waals surface area contributed by atoms with Crippen molar-refractivity contribution >= 4 is 23.2 Å². The van der Waals surface area contributed by atoms with Crippen LogP contribution in [-0.2, 0) is 13.1 Å². The summed E-state index contributed by atoms with van der Waals surface area (Å²) in [5, 5.41) is 6.03. The second kappa shape index (κ2) is 8.33. The molecule has 0 fully saturated rings. The molecular weight excluding hydrogens is 377 g/mol. The van der Waals surface area contributed by atoms with Crippen LogP contribution in [-0.4, -0.2) is 9.78 Å². The molecular formula is C22H19ClFN3O. The minimum atomic E-state index is -0.307. The van der Waals surface area contributed by atoms with Crippen LogP contribution in [0.25, 0.3) is 22.0 Å². The molecule has 4 aromatic rings. The summed E-state index contributed by atoms with van der Waals surface area (Å²) >= 11 is 0. The summed E-state index contributed by atoms with van der Waals surface area (Å²) in [4.78, 5) is 12.9. The first-order valence-corrected chi connectivity index (χ1v) is 8.69. The van der Waals surface area contributed by atoms with Gasteiger partial charge in [-0.25, -0.2) is 9.07 Å². The van der Waals surface area contributed by atoms with Crippen LogP contribution in [0.4, 0.5) is 4.39 Å². The second-order valence-electron chi connectivity index (χ2n) is 6.38. The van der Waals surface area contributed by atoms with Crippen molar-refractivity contribution in [2.24, 2.45) is 5.73 Å². The lowest BCUT2D eigenvalue weighted by Crippen LogP contribution is -2.24. The smallest absolute Gasteiger partial charge is 0.274 e. The molecule has 0 aliphatic carbocycles. The average molecular weight is 396 g/mol. The van der Waals surface area contributed by atoms with E-state index in [1.807, 2.05) is 42.5 Å². The highest BCUT2D eigenvalue weighted by molar-refractivity contribution is 5.93. The number of rotatable bonds is 4. The van der Waals surface area contributed by atoms with Gasteiger partial charge in [-0.05, 0) is 29.3 Å². The zero-order chi connectivity index (χ0) is 18.8. The van der Waals surface area contributed by atoms with Crippen molar-refractivity contribution in [1.29, 1.82) is 0 Å². The Labute approximate surface area is 167 Å². The molecule has 4 rings (SSSR count). The van der Waals surface area contributed by atoms with E-state index in [-0.39, 0.29) is 30.3 Å². The molecule has 0 amide bonds. The summed E-state index contributed by atoms with van der Waals surface area (Å²) in [6.45, 7) is 0.746. The topological polar surface area (TPSA) is 60.9 Å². The maximum Gasteiger partial charge on any atom is 0.274 e. The van der Waals surface area contributed by atoms with Crippen molar-refractivity contribution in [3.8, 4) is 11.3 Å². The van der Waals surface area contributed by atoms with E-state index in [9.17, 15) is 9.18 Å². The van der Waals surface area contributed by atoms with E-state index in [0.717, 1.165) is 27.8 Å². The molecule has 142 valence electrons. The highest BCUT2D eigenvalue weighted by Crippen LogP contribution is 2.25. The van der Waals surface area contributed by atoms with Gasteiger partial charge in [-0.2, -0.15) is 5.10 Å². The second-order valence-corrected chi connectivity index (χ2v) is 6.38. The van der Waals surface area contributed by atoms with Gasteiger partial charge in [-0.1, -0.05) is 54.6 Å². The van der Waals surface area contributed by atoms with Gasteiger partial charge < -0.3 is 5.73 Å². The Morgan fingerprint density at radius 3 is 2.11 bits per heavy atom. The zero-order valence-corrected chi connectivity index (χ0v) is 15.8. The minimum absolute atomic E-state index is 0. The van der Waals surface area contributed by atoms with Crippen molar-refractivity contribution < 1.29 is 4.39 Å². The molecule has 2 N–H and O–H groups in total. The molecule has 1 aromatic heterocycles. The van der Waals surface area contributed by atoms with E-state index in [1.165, 1.54) is 16.8 Å². The van der Waals surface area contributed by atoms with E-state index in [4.69, 9.17) is 5.73 Å². The van der Waals surface area contributed by atoms with Crippen molar-refractivity contribution in [2.45, 2.75) is 13.1 Å². The van der Waals surface area contributed by atoms with Crippen molar-refractivity contribution in [1.82, 2.24) is 9.78 Å². The van der Waals surface area contributed by atoms with Gasteiger partial charge in [0.2, 0.25) is 0 Å². The summed E-state index contributed by atoms with van der Waals surface area (Å²) in [7, 11) is 0. The lowest BCUT2D eigenvalue weighted by Gasteiger charge is -2.12. The molecule has 0 spiro atoms. The fourth-order valence-corrected chi connectivity index (χ4v) is 3.12. The average Bonchev–Trinajstić information content (AvgIpc) is 2.72. The summed E-state index contributed by atoms with van der Waals surface area (Å²) < 4.78 is 14.6. The van der Waals surface area contributed by atoms with Crippen LogP contribution in [0.2, 0.25) is 0 Å². The maximum atomic E-state index is 13.2. The third-order valence-corrected chi connectivity index (χ3v) is 4.58. The summed E-state index contributed by atoms with van der Waals surface area (Å²) in [6.07, 6.45) is 0. The monoisotopic (exact) mass is 395 g/mol. The lowest BCUT2D eigenvalue weighted by atomic mass is 10.0. The van der Waals surface area contributed by atoms with Gasteiger partial charge in [0.1, 0.15) is 5.82 Å². The Morgan fingerprint density at radius 2 is 1.46 bits per heavy atom. The number of halogens is 2. The molecule has 0 saturated heterocycles. The van der Waals surface area contributed by atoms with Crippen LogP contribution in [0.1, 0.15) is 11.1 Å². The van der Waals surface area contributed by atoms with E-state index in [0.29, 0.717) is 11.9 Å². The van der Waals surface area contributed by atoms with Gasteiger partial charge in [0, 0.05) is 17.5 Å². The molecule has 0 radical (unpaired) electrons. The van der Waals surface area contributed by atoms with Gasteiger partial charge in [0.05, 0.1) is 17.6 Å². The molecule has 28 heavy (non-hydrogen) atoms. The summed E-state index contributed by atoms with van der Waals surface area (Å²) in [6, 6.07) is 21.4. The molecule has 0 saturated carbocycles. The van der Waals surface area contributed by atoms with Crippen LogP contribution >= 0.6 is 12.4 Å². The Kier molecular flexibility index (Phi) is 5.87. The third-order valence-electron chi connectivity index (χ3n) is 4.58. The molecule has 0 aliphatic rings. The molecule has 0 aliphatic heterocycles. The third kappa shape index (κ3) is 3.81. The minimum Gasteiger partial charge on any atom is -0.326 e. The van der Waals surface area contributed by atoms with Crippen LogP contribution < -0.4 is 11.3 Å². The molecule has 0 atom stereocenters. The Morgan fingerprint density at radius 1 is 0.857 bits per heavy atom. The predicted molar refractivity (Wildman–Crippen MR) is 112 cm³/mol. The number of nitrogens with two attached hydrogens (primary N) is 1. The fraction of sp³-hybridized carbons (Fsp3) is 0.0909. The lowest BCUT2D eigenvalue weighted by molar-refractivity contribution is 0.621. The number of aromatic nitrogens is 2. The quantitative estimate of drug-likeness (QED) is 0.565. The van der Waals surface area contributed by atoms with E-state index in [2.05, 4.69) is 5.10 Å². The number of hydrogen-bond donors (Lipinski definition) is 1. The van der Waals surface area contributed by atoms with E-state index in [1.54, 1.807) is 18.2 Å². The Balaban J connectivity index is 0.00000225. The van der Waals surface area contributed by atoms with Crippen LogP contribution in [0, 0.1) is 5.82 Å². The first kappa shape index (κ1) is 19.7. The Hall–Kier alpha value is -3.02. The highest BCUT2D eigenvalue weighted by Gasteiger charge is 2.12. The van der Waals surface area contributed by atoms with E-state index < -0.39 is 0 Å².